The molecule has 1 saturated carbocycles. The monoisotopic (exact) mass is 560 g/mol. The van der Waals surface area contributed by atoms with Crippen molar-refractivity contribution >= 4 is 40.0 Å². The van der Waals surface area contributed by atoms with Crippen molar-refractivity contribution < 1.29 is 12.8 Å². The summed E-state index contributed by atoms with van der Waals surface area (Å²) in [6.45, 7) is 0.486. The van der Waals surface area contributed by atoms with Gasteiger partial charge in [-0.2, -0.15) is 0 Å². The van der Waals surface area contributed by atoms with Gasteiger partial charge in [-0.1, -0.05) is 43.5 Å². The van der Waals surface area contributed by atoms with Crippen LogP contribution in [0.25, 0.3) is 0 Å². The standard InChI is InChI=1S/C22H29FN4O2S.HI/c1-24-22(27-20-10-3-2-4-11-20)25-15-18-8-6-12-21(14-18)30(28,29)26-16-17-7-5-9-19(23)13-17;/h5-9,12-14,20,26H,2-4,10-11,15-16H2,1H3,(H2,24,25,27);1H. The van der Waals surface area contributed by atoms with E-state index in [0.29, 0.717) is 18.2 Å². The van der Waals surface area contributed by atoms with E-state index in [0.717, 1.165) is 24.4 Å². The van der Waals surface area contributed by atoms with Crippen LogP contribution in [0.5, 0.6) is 0 Å². The smallest absolute Gasteiger partial charge is 0.240 e. The Morgan fingerprint density at radius 3 is 2.39 bits per heavy atom. The van der Waals surface area contributed by atoms with Gasteiger partial charge in [0.05, 0.1) is 4.90 Å². The zero-order valence-corrected chi connectivity index (χ0v) is 20.8. The molecular weight excluding hydrogens is 530 g/mol. The van der Waals surface area contributed by atoms with E-state index < -0.39 is 15.8 Å². The number of nitrogens with zero attached hydrogens (tertiary/aromatic N) is 1. The third-order valence-corrected chi connectivity index (χ3v) is 6.59. The molecule has 170 valence electrons. The van der Waals surface area contributed by atoms with Gasteiger partial charge >= 0.3 is 0 Å². The molecule has 0 heterocycles. The SMILES string of the molecule is CN=C(NCc1cccc(S(=O)(=O)NCc2cccc(F)c2)c1)NC1CCCCC1.I. The summed E-state index contributed by atoms with van der Waals surface area (Å²) in [4.78, 5) is 4.45. The molecule has 0 aromatic heterocycles. The Hall–Kier alpha value is -1.72. The largest absolute Gasteiger partial charge is 0.354 e. The van der Waals surface area contributed by atoms with Crippen molar-refractivity contribution in [1.29, 1.82) is 0 Å². The van der Waals surface area contributed by atoms with E-state index in [1.165, 1.54) is 31.4 Å². The number of aliphatic imine (C=N–C) groups is 1. The Morgan fingerprint density at radius 2 is 1.71 bits per heavy atom. The molecule has 3 rings (SSSR count). The van der Waals surface area contributed by atoms with Crippen molar-refractivity contribution in [2.45, 2.75) is 56.1 Å². The highest BCUT2D eigenvalue weighted by atomic mass is 127. The number of hydrogen-bond donors (Lipinski definition) is 3. The Bertz CT molecular complexity index is 979. The maximum Gasteiger partial charge on any atom is 0.240 e. The van der Waals surface area contributed by atoms with Crippen LogP contribution in [-0.2, 0) is 23.1 Å². The molecule has 2 aromatic rings. The average Bonchev–Trinajstić information content (AvgIpc) is 2.76. The molecule has 0 bridgehead atoms. The zero-order valence-electron chi connectivity index (χ0n) is 17.6. The number of sulfonamides is 1. The minimum absolute atomic E-state index is 0. The number of hydrogen-bond acceptors (Lipinski definition) is 3. The maximum absolute atomic E-state index is 13.3. The topological polar surface area (TPSA) is 82.6 Å². The van der Waals surface area contributed by atoms with Crippen molar-refractivity contribution in [1.82, 2.24) is 15.4 Å². The van der Waals surface area contributed by atoms with E-state index in [2.05, 4.69) is 20.3 Å². The molecule has 2 aromatic carbocycles. The van der Waals surface area contributed by atoms with Crippen LogP contribution in [-0.4, -0.2) is 27.5 Å². The number of halogens is 2. The lowest BCUT2D eigenvalue weighted by Gasteiger charge is -2.24. The van der Waals surface area contributed by atoms with Crippen LogP contribution in [0.3, 0.4) is 0 Å². The summed E-state index contributed by atoms with van der Waals surface area (Å²) < 4.78 is 41.1. The molecule has 1 aliphatic carbocycles. The number of nitrogens with one attached hydrogen (secondary N) is 3. The maximum atomic E-state index is 13.3. The van der Waals surface area contributed by atoms with Crippen LogP contribution >= 0.6 is 24.0 Å². The number of rotatable bonds is 7. The summed E-state index contributed by atoms with van der Waals surface area (Å²) in [5, 5.41) is 6.70. The van der Waals surface area contributed by atoms with Crippen molar-refractivity contribution in [2.75, 3.05) is 7.05 Å². The van der Waals surface area contributed by atoms with Crippen LogP contribution in [0.1, 0.15) is 43.2 Å². The molecule has 31 heavy (non-hydrogen) atoms. The molecule has 6 nitrogen and oxygen atoms in total. The Balaban J connectivity index is 0.00000341. The van der Waals surface area contributed by atoms with Crippen LogP contribution in [0, 0.1) is 5.82 Å². The predicted molar refractivity (Wildman–Crippen MR) is 132 cm³/mol. The summed E-state index contributed by atoms with van der Waals surface area (Å²) in [6, 6.07) is 13.1. The second kappa shape index (κ2) is 12.4. The molecule has 1 aliphatic rings. The summed E-state index contributed by atoms with van der Waals surface area (Å²) >= 11 is 0. The van der Waals surface area contributed by atoms with Crippen LogP contribution in [0.2, 0.25) is 0 Å². The fourth-order valence-corrected chi connectivity index (χ4v) is 4.64. The number of guanidine groups is 1. The quantitative estimate of drug-likeness (QED) is 0.273. The van der Waals surface area contributed by atoms with Gasteiger partial charge in [0.25, 0.3) is 0 Å². The van der Waals surface area contributed by atoms with Gasteiger partial charge in [-0.05, 0) is 48.2 Å². The lowest BCUT2D eigenvalue weighted by Crippen LogP contribution is -2.43. The first-order chi connectivity index (χ1) is 14.5. The van der Waals surface area contributed by atoms with Gasteiger partial charge in [-0.25, -0.2) is 17.5 Å². The van der Waals surface area contributed by atoms with Crippen molar-refractivity contribution in [3.63, 3.8) is 0 Å². The first kappa shape index (κ1) is 25.5. The molecule has 3 N–H and O–H groups in total. The van der Waals surface area contributed by atoms with Gasteiger partial charge < -0.3 is 10.6 Å². The van der Waals surface area contributed by atoms with Crippen molar-refractivity contribution in [3.8, 4) is 0 Å². The molecule has 0 saturated heterocycles. The normalized spacial score (nSPS) is 15.2. The molecule has 0 unspecified atom stereocenters. The highest BCUT2D eigenvalue weighted by Crippen LogP contribution is 2.17. The van der Waals surface area contributed by atoms with E-state index in [4.69, 9.17) is 0 Å². The third-order valence-electron chi connectivity index (χ3n) is 5.19. The van der Waals surface area contributed by atoms with E-state index in [1.807, 2.05) is 6.07 Å². The average molecular weight is 560 g/mol. The molecule has 0 atom stereocenters. The molecule has 1 fully saturated rings. The Kier molecular flexibility index (Phi) is 10.2. The van der Waals surface area contributed by atoms with Crippen LogP contribution in [0.15, 0.2) is 58.4 Å². The van der Waals surface area contributed by atoms with E-state index in [-0.39, 0.29) is 35.4 Å². The highest BCUT2D eigenvalue weighted by molar-refractivity contribution is 14.0. The molecular formula is C22H30FIN4O2S. The first-order valence-corrected chi connectivity index (χ1v) is 11.7. The summed E-state index contributed by atoms with van der Waals surface area (Å²) in [5.41, 5.74) is 1.39. The second-order valence-corrected chi connectivity index (χ2v) is 9.27. The minimum atomic E-state index is -3.71. The Morgan fingerprint density at radius 1 is 1.03 bits per heavy atom. The summed E-state index contributed by atoms with van der Waals surface area (Å²) in [6.07, 6.45) is 6.05. The molecule has 0 amide bonds. The van der Waals surface area contributed by atoms with Gasteiger partial charge in [0.1, 0.15) is 5.82 Å². The second-order valence-electron chi connectivity index (χ2n) is 7.51. The lowest BCUT2D eigenvalue weighted by molar-refractivity contribution is 0.410. The van der Waals surface area contributed by atoms with Crippen LogP contribution in [0.4, 0.5) is 4.39 Å². The van der Waals surface area contributed by atoms with Gasteiger partial charge in [0.15, 0.2) is 5.96 Å². The minimum Gasteiger partial charge on any atom is -0.354 e. The first-order valence-electron chi connectivity index (χ1n) is 10.3. The molecule has 9 heteroatoms. The fourth-order valence-electron chi connectivity index (χ4n) is 3.55. The molecule has 0 radical (unpaired) electrons. The highest BCUT2D eigenvalue weighted by Gasteiger charge is 2.16. The summed E-state index contributed by atoms with van der Waals surface area (Å²) in [5.74, 6) is 0.328. The lowest BCUT2D eigenvalue weighted by atomic mass is 9.96. The van der Waals surface area contributed by atoms with Gasteiger partial charge in [0.2, 0.25) is 10.0 Å². The van der Waals surface area contributed by atoms with Gasteiger partial charge in [-0.3, -0.25) is 4.99 Å². The van der Waals surface area contributed by atoms with Gasteiger partial charge in [0, 0.05) is 26.2 Å². The van der Waals surface area contributed by atoms with E-state index in [9.17, 15) is 12.8 Å². The molecule has 0 spiro atoms. The fraction of sp³-hybridized carbons (Fsp3) is 0.409. The Labute approximate surface area is 201 Å². The van der Waals surface area contributed by atoms with Crippen molar-refractivity contribution in [2.24, 2.45) is 4.99 Å². The van der Waals surface area contributed by atoms with E-state index in [1.54, 1.807) is 37.4 Å². The van der Waals surface area contributed by atoms with Crippen molar-refractivity contribution in [3.05, 3.63) is 65.5 Å². The number of benzene rings is 2. The zero-order chi connectivity index (χ0) is 21.4. The predicted octanol–water partition coefficient (Wildman–Crippen LogP) is 3.92. The summed E-state index contributed by atoms with van der Waals surface area (Å²) in [7, 11) is -1.98. The third kappa shape index (κ3) is 8.04. The van der Waals surface area contributed by atoms with E-state index >= 15 is 0 Å². The molecule has 0 aliphatic heterocycles. The van der Waals surface area contributed by atoms with Crippen LogP contribution < -0.4 is 15.4 Å². The van der Waals surface area contributed by atoms with Gasteiger partial charge in [-0.15, -0.1) is 24.0 Å².